The smallest absolute Gasteiger partial charge is 0.137 e. The molecular weight excluding hydrogens is 733 g/mol. The van der Waals surface area contributed by atoms with Gasteiger partial charge in [-0.3, -0.25) is 19.1 Å². The van der Waals surface area contributed by atoms with Crippen molar-refractivity contribution in [2.45, 2.75) is 0 Å². The molecule has 280 valence electrons. The van der Waals surface area contributed by atoms with Crippen LogP contribution in [0.25, 0.3) is 77.8 Å². The van der Waals surface area contributed by atoms with Gasteiger partial charge in [0.05, 0.1) is 47.2 Å². The highest BCUT2D eigenvalue weighted by Crippen LogP contribution is 2.38. The summed E-state index contributed by atoms with van der Waals surface area (Å²) >= 11 is 0. The van der Waals surface area contributed by atoms with Crippen molar-refractivity contribution >= 4 is 43.6 Å². The van der Waals surface area contributed by atoms with Crippen molar-refractivity contribution in [3.05, 3.63) is 189 Å². The average Bonchev–Trinajstić information content (AvgIpc) is 3.78. The number of hydrogen-bond acceptors (Lipinski definition) is 7. The zero-order valence-corrected chi connectivity index (χ0v) is 31.3. The van der Waals surface area contributed by atoms with Crippen molar-refractivity contribution in [1.29, 1.82) is 0 Å². The lowest BCUT2D eigenvalue weighted by atomic mass is 10.1. The molecule has 0 unspecified atom stereocenters. The summed E-state index contributed by atoms with van der Waals surface area (Å²) < 4.78 is 25.3. The van der Waals surface area contributed by atoms with E-state index in [1.165, 1.54) is 0 Å². The molecule has 0 fully saturated rings. The van der Waals surface area contributed by atoms with Crippen LogP contribution in [0.5, 0.6) is 28.7 Å². The molecule has 5 aromatic heterocycles. The topological polar surface area (TPSA) is 100 Å². The van der Waals surface area contributed by atoms with E-state index in [0.717, 1.165) is 66.4 Å². The number of benzene rings is 6. The molecule has 0 aliphatic heterocycles. The van der Waals surface area contributed by atoms with Gasteiger partial charge in [0.2, 0.25) is 0 Å². The second-order valence-electron chi connectivity index (χ2n) is 14.1. The number of pyridine rings is 2. The Hall–Kier alpha value is -8.30. The Morgan fingerprint density at radius 2 is 0.966 bits per heavy atom. The van der Waals surface area contributed by atoms with E-state index in [1.54, 1.807) is 43.0 Å². The highest BCUT2D eigenvalue weighted by atomic mass is 16.5. The highest BCUT2D eigenvalue weighted by Gasteiger charge is 2.17. The number of aromatic nitrogens is 6. The Kier molecular flexibility index (Phi) is 7.82. The summed E-state index contributed by atoms with van der Waals surface area (Å²) in [6.45, 7) is 0. The van der Waals surface area contributed by atoms with Crippen molar-refractivity contribution in [3.8, 4) is 62.9 Å². The van der Waals surface area contributed by atoms with Gasteiger partial charge in [-0.15, -0.1) is 0 Å². The molecule has 0 spiro atoms. The fourth-order valence-corrected chi connectivity index (χ4v) is 7.80. The van der Waals surface area contributed by atoms with Crippen molar-refractivity contribution in [1.82, 2.24) is 29.1 Å². The van der Waals surface area contributed by atoms with Gasteiger partial charge in [-0.25, -0.2) is 9.97 Å². The lowest BCUT2D eigenvalue weighted by molar-refractivity contribution is 0.476. The Bertz CT molecular complexity index is 3180. The lowest BCUT2D eigenvalue weighted by Gasteiger charge is -2.11. The molecular formula is C50H32N6O3. The normalized spacial score (nSPS) is 11.7. The number of ether oxygens (including phenoxy) is 2. The highest BCUT2D eigenvalue weighted by molar-refractivity contribution is 6.10. The molecule has 6 aromatic carbocycles. The minimum absolute atomic E-state index is 0.205. The van der Waals surface area contributed by atoms with Crippen LogP contribution in [0.15, 0.2) is 189 Å². The molecule has 0 atom stereocenters. The van der Waals surface area contributed by atoms with Crippen LogP contribution >= 0.6 is 0 Å². The molecule has 5 heterocycles. The third-order valence-corrected chi connectivity index (χ3v) is 10.4. The van der Waals surface area contributed by atoms with Crippen LogP contribution in [0, 0.1) is 0 Å². The van der Waals surface area contributed by atoms with E-state index in [2.05, 4.69) is 19.1 Å². The first-order chi connectivity index (χ1) is 29.5. The Morgan fingerprint density at radius 1 is 0.424 bits per heavy atom. The van der Waals surface area contributed by atoms with Crippen molar-refractivity contribution in [3.63, 3.8) is 0 Å². The number of hydrogen-bond donors (Lipinski definition) is 1. The van der Waals surface area contributed by atoms with Crippen LogP contribution in [0.2, 0.25) is 0 Å². The van der Waals surface area contributed by atoms with E-state index >= 15 is 0 Å². The third-order valence-electron chi connectivity index (χ3n) is 10.4. The molecule has 11 aromatic rings. The minimum atomic E-state index is 0.205. The number of aromatic hydroxyl groups is 1. The standard InChI is InChI=1S/C50H32N6O3/c57-34-17-22-46-42(27-34)41-21-19-38(29-48(41)56(46)50-16-4-6-24-52-50)59-36-12-8-10-33(26-36)44-31-53-43(30-54-44)32-9-7-11-35(25-32)58-37-18-20-40-39-13-1-2-14-45(39)55(47(40)28-37)49-15-3-5-23-51-49/h1-31,57H/i1D. The number of fused-ring (bicyclic) bond motifs is 6. The van der Waals surface area contributed by atoms with E-state index < -0.39 is 0 Å². The number of para-hydroxylation sites is 1. The summed E-state index contributed by atoms with van der Waals surface area (Å²) in [7, 11) is 0. The Labute approximate surface area is 339 Å². The predicted molar refractivity (Wildman–Crippen MR) is 232 cm³/mol. The van der Waals surface area contributed by atoms with E-state index in [9.17, 15) is 5.11 Å². The third kappa shape index (κ3) is 6.14. The summed E-state index contributed by atoms with van der Waals surface area (Å²) in [6.07, 6.45) is 7.08. The Balaban J connectivity index is 0.852. The molecule has 0 aliphatic rings. The second kappa shape index (κ2) is 14.0. The molecule has 0 amide bonds. The number of phenolic OH excluding ortho intramolecular Hbond substituents is 1. The van der Waals surface area contributed by atoms with Gasteiger partial charge in [-0.05, 0) is 97.1 Å². The number of rotatable bonds is 8. The maximum atomic E-state index is 10.3. The average molecular weight is 766 g/mol. The summed E-state index contributed by atoms with van der Waals surface area (Å²) in [5.41, 5.74) is 6.90. The maximum absolute atomic E-state index is 10.3. The molecule has 9 nitrogen and oxygen atoms in total. The van der Waals surface area contributed by atoms with E-state index in [1.807, 2.05) is 140 Å². The maximum Gasteiger partial charge on any atom is 0.137 e. The predicted octanol–water partition coefficient (Wildman–Crippen LogP) is 12.1. The largest absolute Gasteiger partial charge is 0.508 e. The first-order valence-electron chi connectivity index (χ1n) is 19.6. The van der Waals surface area contributed by atoms with E-state index in [4.69, 9.17) is 20.8 Å². The van der Waals surface area contributed by atoms with Crippen LogP contribution in [0.1, 0.15) is 1.37 Å². The molecule has 0 saturated heterocycles. The van der Waals surface area contributed by atoms with Gasteiger partial charge in [0.25, 0.3) is 0 Å². The molecule has 0 bridgehead atoms. The van der Waals surface area contributed by atoms with Crippen molar-refractivity contribution in [2.75, 3.05) is 0 Å². The fraction of sp³-hybridized carbons (Fsp3) is 0. The van der Waals surface area contributed by atoms with Crippen LogP contribution in [-0.2, 0) is 0 Å². The van der Waals surface area contributed by atoms with Crippen LogP contribution in [0.4, 0.5) is 0 Å². The molecule has 1 N–H and O–H groups in total. The van der Waals surface area contributed by atoms with Crippen LogP contribution in [-0.4, -0.2) is 34.2 Å². The molecule has 9 heteroatoms. The minimum Gasteiger partial charge on any atom is -0.508 e. The molecule has 59 heavy (non-hydrogen) atoms. The summed E-state index contributed by atoms with van der Waals surface area (Å²) in [6, 6.07) is 50.6. The summed E-state index contributed by atoms with van der Waals surface area (Å²) in [5.74, 6) is 4.41. The summed E-state index contributed by atoms with van der Waals surface area (Å²) in [5, 5.41) is 14.2. The molecule has 0 saturated carbocycles. The SMILES string of the molecule is [2H]c1ccc2c(c1)c1ccc(Oc3cccc(-c4cnc(-c5cccc(Oc6ccc7c8cc(O)ccc8n(-c8ccccn8)c7c6)c5)cn4)c3)cc1n2-c1ccccn1. The van der Waals surface area contributed by atoms with Crippen molar-refractivity contribution < 1.29 is 16.0 Å². The zero-order valence-electron chi connectivity index (χ0n) is 32.3. The van der Waals surface area contributed by atoms with Gasteiger partial charge in [-0.1, -0.05) is 54.6 Å². The number of phenols is 1. The first kappa shape index (κ1) is 32.9. The fourth-order valence-electron chi connectivity index (χ4n) is 7.80. The van der Waals surface area contributed by atoms with Gasteiger partial charge in [0, 0.05) is 57.2 Å². The first-order valence-corrected chi connectivity index (χ1v) is 19.1. The van der Waals surface area contributed by atoms with Gasteiger partial charge in [0.15, 0.2) is 0 Å². The molecule has 0 aliphatic carbocycles. The van der Waals surface area contributed by atoms with Gasteiger partial charge >= 0.3 is 0 Å². The van der Waals surface area contributed by atoms with Crippen LogP contribution in [0.3, 0.4) is 0 Å². The van der Waals surface area contributed by atoms with Gasteiger partial charge in [0.1, 0.15) is 40.4 Å². The van der Waals surface area contributed by atoms with Gasteiger partial charge in [-0.2, -0.15) is 0 Å². The quantitative estimate of drug-likeness (QED) is 0.164. The number of nitrogens with zero attached hydrogens (tertiary/aromatic N) is 6. The lowest BCUT2D eigenvalue weighted by Crippen LogP contribution is -1.96. The monoisotopic (exact) mass is 765 g/mol. The van der Waals surface area contributed by atoms with Crippen molar-refractivity contribution in [2.24, 2.45) is 0 Å². The summed E-state index contributed by atoms with van der Waals surface area (Å²) in [4.78, 5) is 18.8. The second-order valence-corrected chi connectivity index (χ2v) is 14.1. The van der Waals surface area contributed by atoms with Crippen LogP contribution < -0.4 is 9.47 Å². The zero-order chi connectivity index (χ0) is 40.2. The van der Waals surface area contributed by atoms with Gasteiger partial charge < -0.3 is 14.6 Å². The van der Waals surface area contributed by atoms with E-state index in [-0.39, 0.29) is 5.75 Å². The molecule has 11 rings (SSSR count). The molecule has 0 radical (unpaired) electrons. The van der Waals surface area contributed by atoms with E-state index in [0.29, 0.717) is 40.4 Å². The Morgan fingerprint density at radius 3 is 1.53 bits per heavy atom.